The first kappa shape index (κ1) is 11.4. The van der Waals surface area contributed by atoms with E-state index in [1.54, 1.807) is 4.90 Å². The molecule has 0 saturated carbocycles. The molecular weight excluding hydrogens is 229 g/mol. The Hall–Kier alpha value is -1.09. The van der Waals surface area contributed by atoms with Crippen LogP contribution in [0.4, 0.5) is 4.39 Å². The molecule has 0 bridgehead atoms. The maximum Gasteiger partial charge on any atom is 0.237 e. The second-order valence-corrected chi connectivity index (χ2v) is 4.35. The smallest absolute Gasteiger partial charge is 0.237 e. The van der Waals surface area contributed by atoms with Gasteiger partial charge in [-0.1, -0.05) is 6.07 Å². The zero-order valence-corrected chi connectivity index (χ0v) is 9.85. The molecule has 0 unspecified atom stereocenters. The van der Waals surface area contributed by atoms with Crippen LogP contribution in [0.1, 0.15) is 16.7 Å². The molecule has 0 spiro atoms. The van der Waals surface area contributed by atoms with E-state index in [2.05, 4.69) is 0 Å². The SMILES string of the molecule is Cc1cc(F)c2c(c1)CCN(C(=O)CCl)C2. The van der Waals surface area contributed by atoms with Crippen molar-refractivity contribution in [1.29, 1.82) is 0 Å². The van der Waals surface area contributed by atoms with Crippen LogP contribution in [-0.2, 0) is 17.8 Å². The summed E-state index contributed by atoms with van der Waals surface area (Å²) in [6, 6.07) is 3.49. The zero-order chi connectivity index (χ0) is 11.7. The van der Waals surface area contributed by atoms with Crippen LogP contribution in [0.25, 0.3) is 0 Å². The third-order valence-electron chi connectivity index (χ3n) is 2.90. The van der Waals surface area contributed by atoms with Crippen LogP contribution in [0.15, 0.2) is 12.1 Å². The van der Waals surface area contributed by atoms with Gasteiger partial charge in [0.15, 0.2) is 0 Å². The van der Waals surface area contributed by atoms with Crippen LogP contribution in [0.3, 0.4) is 0 Å². The Balaban J connectivity index is 2.30. The summed E-state index contributed by atoms with van der Waals surface area (Å²) in [5, 5.41) is 0. The monoisotopic (exact) mass is 241 g/mol. The number of fused-ring (bicyclic) bond motifs is 1. The van der Waals surface area contributed by atoms with Crippen LogP contribution in [0.5, 0.6) is 0 Å². The third-order valence-corrected chi connectivity index (χ3v) is 3.13. The lowest BCUT2D eigenvalue weighted by molar-refractivity contribution is -0.129. The first-order chi connectivity index (χ1) is 7.61. The Morgan fingerprint density at radius 3 is 3.00 bits per heavy atom. The summed E-state index contributed by atoms with van der Waals surface area (Å²) < 4.78 is 13.7. The molecule has 0 aliphatic carbocycles. The van der Waals surface area contributed by atoms with Crippen LogP contribution < -0.4 is 0 Å². The number of carbonyl (C=O) groups is 1. The van der Waals surface area contributed by atoms with E-state index in [1.807, 2.05) is 13.0 Å². The lowest BCUT2D eigenvalue weighted by Crippen LogP contribution is -2.37. The lowest BCUT2D eigenvalue weighted by atomic mass is 9.97. The quantitative estimate of drug-likeness (QED) is 0.691. The summed E-state index contributed by atoms with van der Waals surface area (Å²) in [4.78, 5) is 13.0. The number of alkyl halides is 1. The Bertz CT molecular complexity index is 433. The van der Waals surface area contributed by atoms with E-state index in [1.165, 1.54) is 6.07 Å². The minimum atomic E-state index is -0.220. The predicted octanol–water partition coefficient (Wildman–Crippen LogP) is 2.26. The lowest BCUT2D eigenvalue weighted by Gasteiger charge is -2.28. The maximum absolute atomic E-state index is 13.7. The molecule has 1 aromatic carbocycles. The summed E-state index contributed by atoms with van der Waals surface area (Å²) in [7, 11) is 0. The first-order valence-electron chi connectivity index (χ1n) is 5.23. The Morgan fingerprint density at radius 2 is 2.31 bits per heavy atom. The van der Waals surface area contributed by atoms with Gasteiger partial charge in [0, 0.05) is 18.7 Å². The molecule has 0 radical (unpaired) electrons. The molecule has 0 atom stereocenters. The summed E-state index contributed by atoms with van der Waals surface area (Å²) in [5.74, 6) is -0.391. The average molecular weight is 242 g/mol. The molecule has 0 aromatic heterocycles. The molecule has 2 rings (SSSR count). The van der Waals surface area contributed by atoms with Crippen LogP contribution in [0.2, 0.25) is 0 Å². The molecule has 0 fully saturated rings. The van der Waals surface area contributed by atoms with E-state index in [0.717, 1.165) is 11.1 Å². The van der Waals surface area contributed by atoms with Crippen molar-refractivity contribution < 1.29 is 9.18 Å². The van der Waals surface area contributed by atoms with Gasteiger partial charge in [-0.05, 0) is 30.5 Å². The molecule has 1 amide bonds. The van der Waals surface area contributed by atoms with E-state index < -0.39 is 0 Å². The summed E-state index contributed by atoms with van der Waals surface area (Å²) in [5.41, 5.74) is 2.57. The Labute approximate surface area is 99.0 Å². The van der Waals surface area contributed by atoms with E-state index in [9.17, 15) is 9.18 Å². The standard InChI is InChI=1S/C12H13ClFNO/c1-8-4-9-2-3-15(12(16)6-13)7-10(9)11(14)5-8/h4-5H,2-3,6-7H2,1H3. The molecule has 86 valence electrons. The van der Waals surface area contributed by atoms with Crippen molar-refractivity contribution >= 4 is 17.5 Å². The van der Waals surface area contributed by atoms with Gasteiger partial charge in [-0.2, -0.15) is 0 Å². The van der Waals surface area contributed by atoms with Crippen LogP contribution in [-0.4, -0.2) is 23.2 Å². The second-order valence-electron chi connectivity index (χ2n) is 4.08. The van der Waals surface area contributed by atoms with Gasteiger partial charge in [0.2, 0.25) is 5.91 Å². The molecule has 2 nitrogen and oxygen atoms in total. The highest BCUT2D eigenvalue weighted by molar-refractivity contribution is 6.27. The number of hydrogen-bond acceptors (Lipinski definition) is 1. The van der Waals surface area contributed by atoms with Crippen LogP contribution >= 0.6 is 11.6 Å². The number of benzene rings is 1. The summed E-state index contributed by atoms with van der Waals surface area (Å²) >= 11 is 5.49. The Morgan fingerprint density at radius 1 is 1.56 bits per heavy atom. The van der Waals surface area contributed by atoms with Gasteiger partial charge in [0.25, 0.3) is 0 Å². The fourth-order valence-corrected chi connectivity index (χ4v) is 2.24. The molecular formula is C12H13ClFNO. The van der Waals surface area contributed by atoms with Gasteiger partial charge in [-0.25, -0.2) is 4.39 Å². The fraction of sp³-hybridized carbons (Fsp3) is 0.417. The third kappa shape index (κ3) is 2.05. The van der Waals surface area contributed by atoms with Crippen LogP contribution in [0, 0.1) is 12.7 Å². The maximum atomic E-state index is 13.7. The second kappa shape index (κ2) is 4.42. The average Bonchev–Trinajstić information content (AvgIpc) is 2.27. The fourth-order valence-electron chi connectivity index (χ4n) is 2.07. The van der Waals surface area contributed by atoms with Crippen molar-refractivity contribution in [2.24, 2.45) is 0 Å². The number of halogens is 2. The van der Waals surface area contributed by atoms with E-state index in [0.29, 0.717) is 25.1 Å². The number of carbonyl (C=O) groups excluding carboxylic acids is 1. The van der Waals surface area contributed by atoms with Gasteiger partial charge in [-0.15, -0.1) is 11.6 Å². The number of aryl methyl sites for hydroxylation is 1. The minimum Gasteiger partial charge on any atom is -0.337 e. The highest BCUT2D eigenvalue weighted by Gasteiger charge is 2.22. The normalized spacial score (nSPS) is 14.8. The summed E-state index contributed by atoms with van der Waals surface area (Å²) in [6.07, 6.45) is 0.705. The topological polar surface area (TPSA) is 20.3 Å². The van der Waals surface area contributed by atoms with E-state index in [4.69, 9.17) is 11.6 Å². The highest BCUT2D eigenvalue weighted by Crippen LogP contribution is 2.23. The molecule has 16 heavy (non-hydrogen) atoms. The molecule has 1 heterocycles. The van der Waals surface area contributed by atoms with Gasteiger partial charge in [0.05, 0.1) is 0 Å². The van der Waals surface area contributed by atoms with Crippen molar-refractivity contribution in [2.75, 3.05) is 12.4 Å². The molecule has 0 saturated heterocycles. The molecule has 4 heteroatoms. The van der Waals surface area contributed by atoms with Crippen molar-refractivity contribution in [1.82, 2.24) is 4.90 Å². The molecule has 1 aliphatic rings. The largest absolute Gasteiger partial charge is 0.337 e. The van der Waals surface area contributed by atoms with Gasteiger partial charge < -0.3 is 4.90 Å². The number of rotatable bonds is 1. The van der Waals surface area contributed by atoms with Crippen molar-refractivity contribution in [3.05, 3.63) is 34.6 Å². The van der Waals surface area contributed by atoms with Crippen molar-refractivity contribution in [3.63, 3.8) is 0 Å². The predicted molar refractivity (Wildman–Crippen MR) is 61.0 cm³/mol. The van der Waals surface area contributed by atoms with Gasteiger partial charge in [0.1, 0.15) is 11.7 Å². The minimum absolute atomic E-state index is 0.0389. The van der Waals surface area contributed by atoms with E-state index >= 15 is 0 Å². The number of amides is 1. The highest BCUT2D eigenvalue weighted by atomic mass is 35.5. The number of hydrogen-bond donors (Lipinski definition) is 0. The summed E-state index contributed by atoms with van der Waals surface area (Å²) in [6.45, 7) is 2.84. The first-order valence-corrected chi connectivity index (χ1v) is 5.77. The van der Waals surface area contributed by atoms with Crippen molar-refractivity contribution in [3.8, 4) is 0 Å². The van der Waals surface area contributed by atoms with Crippen molar-refractivity contribution in [2.45, 2.75) is 19.9 Å². The number of nitrogens with zero attached hydrogens (tertiary/aromatic N) is 1. The van der Waals surface area contributed by atoms with Gasteiger partial charge >= 0.3 is 0 Å². The molecule has 1 aliphatic heterocycles. The van der Waals surface area contributed by atoms with E-state index in [-0.39, 0.29) is 17.6 Å². The molecule has 0 N–H and O–H groups in total. The van der Waals surface area contributed by atoms with Gasteiger partial charge in [-0.3, -0.25) is 4.79 Å². The zero-order valence-electron chi connectivity index (χ0n) is 9.09. The molecule has 1 aromatic rings. The Kier molecular flexibility index (Phi) is 3.15.